The number of guanidine groups is 1. The van der Waals surface area contributed by atoms with Crippen molar-refractivity contribution in [2.45, 2.75) is 24.7 Å². The van der Waals surface area contributed by atoms with Gasteiger partial charge in [0.25, 0.3) is 0 Å². The molecule has 3 rings (SSSR count). The van der Waals surface area contributed by atoms with Gasteiger partial charge in [0, 0.05) is 18.0 Å². The fourth-order valence-corrected chi connectivity index (χ4v) is 3.00. The summed E-state index contributed by atoms with van der Waals surface area (Å²) in [5, 5.41) is 3.08. The molecule has 0 amide bonds. The third kappa shape index (κ3) is 4.31. The van der Waals surface area contributed by atoms with E-state index in [1.165, 1.54) is 12.1 Å². The minimum Gasteiger partial charge on any atom is -0.497 e. The predicted molar refractivity (Wildman–Crippen MR) is 98.5 cm³/mol. The minimum absolute atomic E-state index is 0.340. The fraction of sp³-hybridized carbons (Fsp3) is 0.350. The van der Waals surface area contributed by atoms with Crippen molar-refractivity contribution >= 4 is 5.96 Å². The summed E-state index contributed by atoms with van der Waals surface area (Å²) in [6, 6.07) is 11.6. The Hall–Kier alpha value is -2.63. The normalized spacial score (nSPS) is 15.6. The molecule has 2 aromatic carbocycles. The molecule has 0 spiro atoms. The Labute approximate surface area is 152 Å². The second-order valence-corrected chi connectivity index (χ2v) is 6.63. The molecule has 1 aliphatic carbocycles. The fourth-order valence-electron chi connectivity index (χ4n) is 3.00. The van der Waals surface area contributed by atoms with Crippen LogP contribution in [0.3, 0.4) is 0 Å². The first-order chi connectivity index (χ1) is 12.5. The summed E-state index contributed by atoms with van der Waals surface area (Å²) in [6.07, 6.45) is 2.47. The second kappa shape index (κ2) is 7.72. The Morgan fingerprint density at radius 3 is 2.54 bits per heavy atom. The largest absolute Gasteiger partial charge is 0.497 e. The molecule has 1 fully saturated rings. The first kappa shape index (κ1) is 18.2. The van der Waals surface area contributed by atoms with Gasteiger partial charge < -0.3 is 15.8 Å². The molecule has 138 valence electrons. The Balaban J connectivity index is 1.51. The molecule has 0 unspecified atom stereocenters. The van der Waals surface area contributed by atoms with Gasteiger partial charge in [0.2, 0.25) is 0 Å². The number of benzene rings is 2. The van der Waals surface area contributed by atoms with Crippen molar-refractivity contribution in [1.82, 2.24) is 5.32 Å². The van der Waals surface area contributed by atoms with Crippen LogP contribution in [0.1, 0.15) is 24.0 Å². The van der Waals surface area contributed by atoms with Crippen molar-refractivity contribution in [3.05, 3.63) is 65.2 Å². The number of halogens is 2. The first-order valence-electron chi connectivity index (χ1n) is 8.65. The Bertz CT molecular complexity index is 786. The molecule has 0 radical (unpaired) electrons. The lowest BCUT2D eigenvalue weighted by Crippen LogP contribution is -2.34. The van der Waals surface area contributed by atoms with E-state index in [2.05, 4.69) is 10.3 Å². The number of ether oxygens (including phenoxy) is 1. The van der Waals surface area contributed by atoms with Crippen LogP contribution < -0.4 is 15.8 Å². The van der Waals surface area contributed by atoms with Crippen LogP contribution in [-0.4, -0.2) is 26.2 Å². The summed E-state index contributed by atoms with van der Waals surface area (Å²) >= 11 is 0. The third-order valence-electron chi connectivity index (χ3n) is 4.79. The van der Waals surface area contributed by atoms with Crippen LogP contribution in [0.5, 0.6) is 5.75 Å². The van der Waals surface area contributed by atoms with Crippen molar-refractivity contribution in [3.63, 3.8) is 0 Å². The van der Waals surface area contributed by atoms with Crippen LogP contribution >= 0.6 is 0 Å². The van der Waals surface area contributed by atoms with Gasteiger partial charge in [-0.3, -0.25) is 4.99 Å². The lowest BCUT2D eigenvalue weighted by Gasteiger charge is -2.15. The smallest absolute Gasteiger partial charge is 0.188 e. The molecule has 0 heterocycles. The molecule has 0 aromatic heterocycles. The average Bonchev–Trinajstić information content (AvgIpc) is 3.41. The molecule has 0 atom stereocenters. The third-order valence-corrected chi connectivity index (χ3v) is 4.79. The molecular weight excluding hydrogens is 336 g/mol. The molecule has 1 aliphatic rings. The van der Waals surface area contributed by atoms with E-state index in [1.807, 2.05) is 24.3 Å². The van der Waals surface area contributed by atoms with Gasteiger partial charge in [-0.1, -0.05) is 18.2 Å². The van der Waals surface area contributed by atoms with Crippen LogP contribution in [0.15, 0.2) is 47.5 Å². The van der Waals surface area contributed by atoms with Crippen LogP contribution in [-0.2, 0) is 11.8 Å². The molecule has 0 saturated heterocycles. The monoisotopic (exact) mass is 359 g/mol. The number of nitrogens with two attached hydrogens (primary N) is 1. The molecule has 2 aromatic rings. The van der Waals surface area contributed by atoms with E-state index in [0.717, 1.165) is 36.6 Å². The molecule has 1 saturated carbocycles. The van der Waals surface area contributed by atoms with E-state index in [4.69, 9.17) is 10.5 Å². The van der Waals surface area contributed by atoms with Crippen molar-refractivity contribution < 1.29 is 13.5 Å². The molecule has 4 nitrogen and oxygen atoms in total. The maximum absolute atomic E-state index is 14.0. The zero-order valence-corrected chi connectivity index (χ0v) is 14.8. The van der Waals surface area contributed by atoms with E-state index in [9.17, 15) is 8.78 Å². The molecule has 0 aliphatic heterocycles. The van der Waals surface area contributed by atoms with Gasteiger partial charge in [0.1, 0.15) is 17.4 Å². The predicted octanol–water partition coefficient (Wildman–Crippen LogP) is 3.15. The van der Waals surface area contributed by atoms with Gasteiger partial charge in [-0.15, -0.1) is 0 Å². The zero-order valence-electron chi connectivity index (χ0n) is 14.8. The van der Waals surface area contributed by atoms with Gasteiger partial charge in [-0.2, -0.15) is 0 Å². The van der Waals surface area contributed by atoms with Crippen molar-refractivity contribution in [3.8, 4) is 5.75 Å². The minimum atomic E-state index is -0.565. The summed E-state index contributed by atoms with van der Waals surface area (Å²) in [5.41, 5.74) is 7.26. The lowest BCUT2D eigenvalue weighted by molar-refractivity contribution is 0.414. The topological polar surface area (TPSA) is 59.6 Å². The number of aliphatic imine (C=N–C) groups is 1. The summed E-state index contributed by atoms with van der Waals surface area (Å²) in [5.74, 6) is 0.0897. The van der Waals surface area contributed by atoms with Crippen molar-refractivity contribution in [2.75, 3.05) is 20.2 Å². The molecular formula is C20H23F2N3O. The second-order valence-electron chi connectivity index (χ2n) is 6.63. The Kier molecular flexibility index (Phi) is 5.40. The van der Waals surface area contributed by atoms with Gasteiger partial charge in [-0.05, 0) is 48.6 Å². The SMILES string of the molecule is COc1ccc(CCNC(N)=NCC2(c3ccc(F)cc3F)CC2)cc1. The summed E-state index contributed by atoms with van der Waals surface area (Å²) < 4.78 is 32.2. The van der Waals surface area contributed by atoms with E-state index < -0.39 is 11.6 Å². The van der Waals surface area contributed by atoms with E-state index in [0.29, 0.717) is 24.6 Å². The maximum atomic E-state index is 14.0. The van der Waals surface area contributed by atoms with E-state index in [-0.39, 0.29) is 5.41 Å². The standard InChI is InChI=1S/C20H23F2N3O/c1-26-16-5-2-14(3-6-16)8-11-24-19(23)25-13-20(9-10-20)17-7-4-15(21)12-18(17)22/h2-7,12H,8-11,13H2,1H3,(H3,23,24,25). The summed E-state index contributed by atoms with van der Waals surface area (Å²) in [6.45, 7) is 1.05. The van der Waals surface area contributed by atoms with Gasteiger partial charge in [-0.25, -0.2) is 8.78 Å². The van der Waals surface area contributed by atoms with Crippen molar-refractivity contribution in [1.29, 1.82) is 0 Å². The van der Waals surface area contributed by atoms with Crippen LogP contribution in [0.25, 0.3) is 0 Å². The zero-order chi connectivity index (χ0) is 18.6. The highest BCUT2D eigenvalue weighted by Gasteiger charge is 2.46. The summed E-state index contributed by atoms with van der Waals surface area (Å²) in [7, 11) is 1.64. The number of nitrogens with zero attached hydrogens (tertiary/aromatic N) is 1. The highest BCUT2D eigenvalue weighted by molar-refractivity contribution is 5.77. The molecule has 3 N–H and O–H groups in total. The van der Waals surface area contributed by atoms with Crippen molar-refractivity contribution in [2.24, 2.45) is 10.7 Å². The number of methoxy groups -OCH3 is 1. The summed E-state index contributed by atoms with van der Waals surface area (Å²) in [4.78, 5) is 4.36. The van der Waals surface area contributed by atoms with Gasteiger partial charge in [0.05, 0.1) is 13.7 Å². The van der Waals surface area contributed by atoms with Crippen LogP contribution in [0.4, 0.5) is 8.78 Å². The van der Waals surface area contributed by atoms with E-state index >= 15 is 0 Å². The Morgan fingerprint density at radius 2 is 1.92 bits per heavy atom. The van der Waals surface area contributed by atoms with Gasteiger partial charge in [0.15, 0.2) is 5.96 Å². The highest BCUT2D eigenvalue weighted by Crippen LogP contribution is 2.49. The molecule has 0 bridgehead atoms. The maximum Gasteiger partial charge on any atom is 0.188 e. The quantitative estimate of drug-likeness (QED) is 0.590. The first-order valence-corrected chi connectivity index (χ1v) is 8.65. The average molecular weight is 359 g/mol. The molecule has 6 heteroatoms. The van der Waals surface area contributed by atoms with E-state index in [1.54, 1.807) is 7.11 Å². The number of nitrogens with one attached hydrogen (secondary N) is 1. The van der Waals surface area contributed by atoms with Crippen LogP contribution in [0, 0.1) is 11.6 Å². The lowest BCUT2D eigenvalue weighted by atomic mass is 9.95. The Morgan fingerprint density at radius 1 is 1.19 bits per heavy atom. The number of hydrogen-bond donors (Lipinski definition) is 2. The van der Waals surface area contributed by atoms with Gasteiger partial charge >= 0.3 is 0 Å². The number of rotatable bonds is 7. The van der Waals surface area contributed by atoms with Crippen LogP contribution in [0.2, 0.25) is 0 Å². The molecule has 26 heavy (non-hydrogen) atoms. The highest BCUT2D eigenvalue weighted by atomic mass is 19.1. The number of hydrogen-bond acceptors (Lipinski definition) is 2.